The Balaban J connectivity index is 1.52. The summed E-state index contributed by atoms with van der Waals surface area (Å²) in [6, 6.07) is 21.9. The maximum Gasteiger partial charge on any atom is 0.274 e. The molecule has 0 aliphatic carbocycles. The summed E-state index contributed by atoms with van der Waals surface area (Å²) in [6.45, 7) is 5.91. The number of benzene rings is 2. The van der Waals surface area contributed by atoms with E-state index in [4.69, 9.17) is 0 Å². The minimum Gasteiger partial charge on any atom is -0.348 e. The SMILES string of the molecule is Cc1cc(C)nc(SCc2c(C(=O)NC(C)CCc3ccccc3)nnn2-c2ccccc2)n1. The van der Waals surface area contributed by atoms with Crippen LogP contribution in [-0.2, 0) is 12.2 Å². The normalized spacial score (nSPS) is 11.9. The molecule has 0 radical (unpaired) electrons. The van der Waals surface area contributed by atoms with Crippen LogP contribution in [0.2, 0.25) is 0 Å². The Kier molecular flexibility index (Phi) is 7.69. The summed E-state index contributed by atoms with van der Waals surface area (Å²) in [4.78, 5) is 22.2. The molecule has 8 heteroatoms. The second-order valence-corrected chi connectivity index (χ2v) is 9.20. The summed E-state index contributed by atoms with van der Waals surface area (Å²) in [6.07, 6.45) is 1.73. The number of carbonyl (C=O) groups is 1. The van der Waals surface area contributed by atoms with Crippen LogP contribution in [0.25, 0.3) is 5.69 Å². The molecule has 1 atom stereocenters. The number of carbonyl (C=O) groups excluding carboxylic acids is 1. The van der Waals surface area contributed by atoms with Gasteiger partial charge in [-0.15, -0.1) is 5.10 Å². The molecule has 2 aromatic carbocycles. The van der Waals surface area contributed by atoms with Crippen molar-refractivity contribution in [2.45, 2.75) is 50.6 Å². The molecule has 1 N–H and O–H groups in total. The molecule has 7 nitrogen and oxygen atoms in total. The van der Waals surface area contributed by atoms with Crippen LogP contribution in [0.3, 0.4) is 0 Å². The van der Waals surface area contributed by atoms with Crippen LogP contribution in [0.4, 0.5) is 0 Å². The van der Waals surface area contributed by atoms with Crippen molar-refractivity contribution in [3.63, 3.8) is 0 Å². The standard InChI is InChI=1S/C26H28N6OS/c1-18(14-15-21-10-6-4-7-11-21)27-25(33)24-23(17-34-26-28-19(2)16-20(3)29-26)32(31-30-24)22-12-8-5-9-13-22/h4-13,16,18H,14-15,17H2,1-3H3,(H,27,33). The van der Waals surface area contributed by atoms with E-state index in [2.05, 4.69) is 37.7 Å². The average molecular weight is 473 g/mol. The maximum absolute atomic E-state index is 13.2. The molecule has 0 saturated heterocycles. The van der Waals surface area contributed by atoms with E-state index in [-0.39, 0.29) is 11.9 Å². The molecule has 34 heavy (non-hydrogen) atoms. The Bertz CT molecular complexity index is 1220. The quantitative estimate of drug-likeness (QED) is 0.280. The molecule has 1 amide bonds. The van der Waals surface area contributed by atoms with E-state index in [1.54, 1.807) is 4.68 Å². The van der Waals surface area contributed by atoms with E-state index >= 15 is 0 Å². The van der Waals surface area contributed by atoms with Gasteiger partial charge in [0.15, 0.2) is 10.9 Å². The Morgan fingerprint density at radius 3 is 2.32 bits per heavy atom. The molecule has 4 rings (SSSR count). The number of nitrogens with one attached hydrogen (secondary N) is 1. The summed E-state index contributed by atoms with van der Waals surface area (Å²) in [5.74, 6) is 0.242. The first-order valence-electron chi connectivity index (χ1n) is 11.3. The van der Waals surface area contributed by atoms with Crippen molar-refractivity contribution in [3.8, 4) is 5.69 Å². The van der Waals surface area contributed by atoms with Crippen LogP contribution in [0, 0.1) is 13.8 Å². The zero-order valence-electron chi connectivity index (χ0n) is 19.6. The first kappa shape index (κ1) is 23.6. The Morgan fingerprint density at radius 1 is 1.00 bits per heavy atom. The highest BCUT2D eigenvalue weighted by Gasteiger charge is 2.22. The topological polar surface area (TPSA) is 85.6 Å². The third-order valence-electron chi connectivity index (χ3n) is 5.37. The lowest BCUT2D eigenvalue weighted by molar-refractivity contribution is 0.0932. The Labute approximate surface area is 204 Å². The van der Waals surface area contributed by atoms with Crippen LogP contribution in [0.15, 0.2) is 71.9 Å². The molecule has 0 aliphatic heterocycles. The summed E-state index contributed by atoms with van der Waals surface area (Å²) >= 11 is 1.47. The van der Waals surface area contributed by atoms with Gasteiger partial charge in [-0.25, -0.2) is 14.6 Å². The number of hydrogen-bond donors (Lipinski definition) is 1. The van der Waals surface area contributed by atoms with Crippen LogP contribution >= 0.6 is 11.8 Å². The second kappa shape index (κ2) is 11.1. The average Bonchev–Trinajstić information content (AvgIpc) is 3.26. The maximum atomic E-state index is 13.2. The Hall–Kier alpha value is -3.52. The fourth-order valence-corrected chi connectivity index (χ4v) is 4.61. The predicted molar refractivity (Wildman–Crippen MR) is 134 cm³/mol. The first-order valence-corrected chi connectivity index (χ1v) is 12.3. The summed E-state index contributed by atoms with van der Waals surface area (Å²) in [5, 5.41) is 12.3. The van der Waals surface area contributed by atoms with Gasteiger partial charge >= 0.3 is 0 Å². The van der Waals surface area contributed by atoms with Gasteiger partial charge in [0.2, 0.25) is 0 Å². The fourth-order valence-electron chi connectivity index (χ4n) is 3.67. The van der Waals surface area contributed by atoms with E-state index in [9.17, 15) is 4.79 Å². The zero-order valence-corrected chi connectivity index (χ0v) is 20.4. The molecule has 1 unspecified atom stereocenters. The van der Waals surface area contributed by atoms with Crippen molar-refractivity contribution in [2.75, 3.05) is 0 Å². The minimum absolute atomic E-state index is 0.00200. The van der Waals surface area contributed by atoms with Gasteiger partial charge in [-0.2, -0.15) is 0 Å². The van der Waals surface area contributed by atoms with Crippen molar-refractivity contribution in [1.29, 1.82) is 0 Å². The van der Waals surface area contributed by atoms with Gasteiger partial charge in [0.05, 0.1) is 11.4 Å². The number of para-hydroxylation sites is 1. The first-order chi connectivity index (χ1) is 16.5. The van der Waals surface area contributed by atoms with Crippen LogP contribution in [-0.4, -0.2) is 36.9 Å². The summed E-state index contributed by atoms with van der Waals surface area (Å²) < 4.78 is 1.72. The summed E-state index contributed by atoms with van der Waals surface area (Å²) in [7, 11) is 0. The third kappa shape index (κ3) is 6.08. The van der Waals surface area contributed by atoms with Crippen molar-refractivity contribution in [1.82, 2.24) is 30.3 Å². The van der Waals surface area contributed by atoms with Crippen molar-refractivity contribution in [2.24, 2.45) is 0 Å². The lowest BCUT2D eigenvalue weighted by atomic mass is 10.1. The molecule has 174 valence electrons. The third-order valence-corrected chi connectivity index (χ3v) is 6.22. The number of aryl methyl sites for hydroxylation is 3. The highest BCUT2D eigenvalue weighted by atomic mass is 32.2. The van der Waals surface area contributed by atoms with Gasteiger partial charge in [-0.1, -0.05) is 65.5 Å². The number of amides is 1. The zero-order chi connectivity index (χ0) is 23.9. The van der Waals surface area contributed by atoms with Gasteiger partial charge in [0.25, 0.3) is 5.91 Å². The van der Waals surface area contributed by atoms with Crippen molar-refractivity contribution in [3.05, 3.63) is 95.1 Å². The molecular formula is C26H28N6OS. The monoisotopic (exact) mass is 472 g/mol. The number of aromatic nitrogens is 5. The Morgan fingerprint density at radius 2 is 1.65 bits per heavy atom. The van der Waals surface area contributed by atoms with Gasteiger partial charge in [0.1, 0.15) is 0 Å². The summed E-state index contributed by atoms with van der Waals surface area (Å²) in [5.41, 5.74) is 4.97. The van der Waals surface area contributed by atoms with E-state index in [0.717, 1.165) is 29.9 Å². The lowest BCUT2D eigenvalue weighted by Gasteiger charge is -2.14. The van der Waals surface area contributed by atoms with E-state index < -0.39 is 0 Å². The minimum atomic E-state index is -0.223. The molecule has 4 aromatic rings. The van der Waals surface area contributed by atoms with Crippen molar-refractivity contribution < 1.29 is 4.79 Å². The molecule has 0 spiro atoms. The molecule has 2 heterocycles. The highest BCUT2D eigenvalue weighted by molar-refractivity contribution is 7.98. The molecular weight excluding hydrogens is 444 g/mol. The number of hydrogen-bond acceptors (Lipinski definition) is 6. The molecule has 2 aromatic heterocycles. The van der Waals surface area contributed by atoms with Gasteiger partial charge in [-0.3, -0.25) is 4.79 Å². The number of thioether (sulfide) groups is 1. The van der Waals surface area contributed by atoms with Crippen LogP contribution < -0.4 is 5.32 Å². The predicted octanol–water partition coefficient (Wildman–Crippen LogP) is 4.72. The van der Waals surface area contributed by atoms with E-state index in [0.29, 0.717) is 22.3 Å². The van der Waals surface area contributed by atoms with Gasteiger partial charge in [-0.05, 0) is 57.4 Å². The molecule has 0 saturated carbocycles. The molecule has 0 aliphatic rings. The largest absolute Gasteiger partial charge is 0.348 e. The number of nitrogens with zero attached hydrogens (tertiary/aromatic N) is 5. The molecule has 0 fully saturated rings. The molecule has 0 bridgehead atoms. The lowest BCUT2D eigenvalue weighted by Crippen LogP contribution is -2.33. The van der Waals surface area contributed by atoms with Gasteiger partial charge in [0, 0.05) is 23.2 Å². The number of rotatable bonds is 9. The highest BCUT2D eigenvalue weighted by Crippen LogP contribution is 2.24. The fraction of sp³-hybridized carbons (Fsp3) is 0.269. The van der Waals surface area contributed by atoms with Crippen molar-refractivity contribution >= 4 is 17.7 Å². The van der Waals surface area contributed by atoms with E-state index in [1.165, 1.54) is 17.3 Å². The van der Waals surface area contributed by atoms with E-state index in [1.807, 2.05) is 75.4 Å². The van der Waals surface area contributed by atoms with Gasteiger partial charge < -0.3 is 5.32 Å². The van der Waals surface area contributed by atoms with Crippen LogP contribution in [0.1, 0.15) is 46.5 Å². The van der Waals surface area contributed by atoms with Crippen LogP contribution in [0.5, 0.6) is 0 Å². The second-order valence-electron chi connectivity index (χ2n) is 8.25. The smallest absolute Gasteiger partial charge is 0.274 e.